The minimum atomic E-state index is -0.826. The number of benzene rings is 1. The molecule has 0 atom stereocenters. The second kappa shape index (κ2) is 6.21. The topological polar surface area (TPSA) is 63.6 Å². The minimum Gasteiger partial charge on any atom is -0.362 e. The number of nitrogens with one attached hydrogen (secondary N) is 1. The van der Waals surface area contributed by atoms with E-state index < -0.39 is 11.9 Å². The van der Waals surface area contributed by atoms with Crippen molar-refractivity contribution < 1.29 is 8.78 Å². The third-order valence-electron chi connectivity index (χ3n) is 2.90. The molecule has 0 aliphatic carbocycles. The summed E-state index contributed by atoms with van der Waals surface area (Å²) in [6.07, 6.45) is 1.57. The lowest BCUT2D eigenvalue weighted by molar-refractivity contribution is 0.532. The fourth-order valence-corrected chi connectivity index (χ4v) is 1.86. The summed E-state index contributed by atoms with van der Waals surface area (Å²) in [5.41, 5.74) is 1.17. The molecule has 0 unspecified atom stereocenters. The first kappa shape index (κ1) is 14.0. The van der Waals surface area contributed by atoms with E-state index in [4.69, 9.17) is 0 Å². The Morgan fingerprint density at radius 2 is 1.77 bits per heavy atom. The van der Waals surface area contributed by atoms with Gasteiger partial charge in [0.2, 0.25) is 0 Å². The van der Waals surface area contributed by atoms with Crippen LogP contribution in [-0.2, 0) is 6.54 Å². The second-order valence-electron chi connectivity index (χ2n) is 4.43. The highest BCUT2D eigenvalue weighted by Gasteiger charge is 2.09. The quantitative estimate of drug-likeness (QED) is 0.751. The predicted octanol–water partition coefficient (Wildman–Crippen LogP) is 2.82. The average molecular weight is 299 g/mol. The Labute approximate surface area is 125 Å². The molecule has 5 nitrogen and oxygen atoms in total. The highest BCUT2D eigenvalue weighted by Crippen LogP contribution is 2.18. The molecule has 1 aromatic carbocycles. The van der Waals surface area contributed by atoms with Crippen LogP contribution in [0.5, 0.6) is 0 Å². The highest BCUT2D eigenvalue weighted by molar-refractivity contribution is 5.56. The van der Waals surface area contributed by atoms with Crippen molar-refractivity contribution >= 4 is 5.82 Å². The van der Waals surface area contributed by atoms with Crippen molar-refractivity contribution in [3.8, 4) is 11.4 Å². The van der Waals surface area contributed by atoms with Crippen LogP contribution < -0.4 is 5.32 Å². The van der Waals surface area contributed by atoms with Gasteiger partial charge in [0.25, 0.3) is 0 Å². The van der Waals surface area contributed by atoms with Crippen molar-refractivity contribution in [1.82, 2.24) is 19.9 Å². The Balaban J connectivity index is 1.81. The summed E-state index contributed by atoms with van der Waals surface area (Å²) in [6, 6.07) is 10.8. The molecule has 0 fully saturated rings. The molecule has 22 heavy (non-hydrogen) atoms. The Kier molecular flexibility index (Phi) is 3.95. The molecule has 3 rings (SSSR count). The predicted molar refractivity (Wildman–Crippen MR) is 76.7 cm³/mol. The van der Waals surface area contributed by atoms with Crippen LogP contribution in [0.3, 0.4) is 0 Å². The Morgan fingerprint density at radius 3 is 2.55 bits per heavy atom. The van der Waals surface area contributed by atoms with Gasteiger partial charge in [-0.25, -0.2) is 24.3 Å². The molecular formula is C15H11F2N5. The first-order valence-corrected chi connectivity index (χ1v) is 6.51. The van der Waals surface area contributed by atoms with E-state index in [1.807, 2.05) is 30.3 Å². The maximum Gasteiger partial charge on any atom is 0.308 e. The normalized spacial score (nSPS) is 10.5. The van der Waals surface area contributed by atoms with Crippen LogP contribution in [0.1, 0.15) is 5.69 Å². The molecule has 0 radical (unpaired) electrons. The van der Waals surface area contributed by atoms with Crippen molar-refractivity contribution in [2.24, 2.45) is 0 Å². The zero-order valence-corrected chi connectivity index (χ0v) is 11.4. The lowest BCUT2D eigenvalue weighted by Crippen LogP contribution is -2.07. The highest BCUT2D eigenvalue weighted by atomic mass is 19.1. The second-order valence-corrected chi connectivity index (χ2v) is 4.43. The van der Waals surface area contributed by atoms with Gasteiger partial charge in [0, 0.05) is 11.8 Å². The third kappa shape index (κ3) is 3.20. The largest absolute Gasteiger partial charge is 0.362 e. The first-order chi connectivity index (χ1) is 10.7. The molecule has 0 saturated heterocycles. The van der Waals surface area contributed by atoms with Gasteiger partial charge in [0.15, 0.2) is 17.5 Å². The summed E-state index contributed by atoms with van der Waals surface area (Å²) >= 11 is 0. The van der Waals surface area contributed by atoms with E-state index in [2.05, 4.69) is 25.3 Å². The van der Waals surface area contributed by atoms with Crippen LogP contribution in [0, 0.1) is 11.9 Å². The number of anilines is 1. The molecule has 0 aliphatic heterocycles. The Morgan fingerprint density at radius 1 is 0.955 bits per heavy atom. The van der Waals surface area contributed by atoms with Gasteiger partial charge in [-0.2, -0.15) is 4.39 Å². The molecule has 0 amide bonds. The first-order valence-electron chi connectivity index (χ1n) is 6.51. The molecule has 0 spiro atoms. The molecule has 2 aromatic heterocycles. The fourth-order valence-electron chi connectivity index (χ4n) is 1.86. The van der Waals surface area contributed by atoms with Crippen LogP contribution in [0.25, 0.3) is 11.4 Å². The van der Waals surface area contributed by atoms with Gasteiger partial charge in [-0.05, 0) is 6.07 Å². The van der Waals surface area contributed by atoms with Gasteiger partial charge >= 0.3 is 6.08 Å². The van der Waals surface area contributed by atoms with Crippen molar-refractivity contribution in [3.63, 3.8) is 0 Å². The summed E-state index contributed by atoms with van der Waals surface area (Å²) in [6.45, 7) is 0.127. The van der Waals surface area contributed by atoms with E-state index in [1.54, 1.807) is 0 Å². The minimum absolute atomic E-state index is 0.0351. The zero-order chi connectivity index (χ0) is 15.4. The van der Waals surface area contributed by atoms with E-state index in [0.717, 1.165) is 11.8 Å². The molecule has 1 N–H and O–H groups in total. The van der Waals surface area contributed by atoms with Gasteiger partial charge in [0.05, 0.1) is 18.4 Å². The van der Waals surface area contributed by atoms with Gasteiger partial charge in [-0.1, -0.05) is 30.3 Å². The lowest BCUT2D eigenvalue weighted by atomic mass is 10.2. The SMILES string of the molecule is Fc1nccc(CNc2nc(-c3ccccc3)ncc2F)n1. The standard InChI is InChI=1S/C15H11F2N5/c16-12-9-20-13(10-4-2-1-3-5-10)22-14(12)19-8-11-6-7-18-15(17)21-11/h1-7,9H,8H2,(H,19,20,22). The van der Waals surface area contributed by atoms with Crippen LogP contribution in [0.4, 0.5) is 14.6 Å². The van der Waals surface area contributed by atoms with Gasteiger partial charge in [-0.15, -0.1) is 0 Å². The van der Waals surface area contributed by atoms with E-state index in [9.17, 15) is 8.78 Å². The summed E-state index contributed by atoms with van der Waals surface area (Å²) in [4.78, 5) is 15.1. The summed E-state index contributed by atoms with van der Waals surface area (Å²) < 4.78 is 26.7. The number of nitrogens with zero attached hydrogens (tertiary/aromatic N) is 4. The summed E-state index contributed by atoms with van der Waals surface area (Å²) in [5, 5.41) is 2.78. The maximum absolute atomic E-state index is 13.8. The monoisotopic (exact) mass is 299 g/mol. The van der Waals surface area contributed by atoms with Gasteiger partial charge in [0.1, 0.15) is 0 Å². The Bertz CT molecular complexity index is 780. The van der Waals surface area contributed by atoms with Crippen molar-refractivity contribution in [3.05, 3.63) is 66.4 Å². The molecule has 0 bridgehead atoms. The summed E-state index contributed by atoms with van der Waals surface area (Å²) in [5.74, 6) is -0.152. The number of rotatable bonds is 4. The van der Waals surface area contributed by atoms with Crippen LogP contribution in [0.2, 0.25) is 0 Å². The van der Waals surface area contributed by atoms with Crippen LogP contribution in [0.15, 0.2) is 48.8 Å². The van der Waals surface area contributed by atoms with Crippen molar-refractivity contribution in [2.75, 3.05) is 5.32 Å². The smallest absolute Gasteiger partial charge is 0.308 e. The van der Waals surface area contributed by atoms with E-state index in [-0.39, 0.29) is 12.4 Å². The van der Waals surface area contributed by atoms with Crippen molar-refractivity contribution in [2.45, 2.75) is 6.54 Å². The van der Waals surface area contributed by atoms with E-state index >= 15 is 0 Å². The number of hydrogen-bond acceptors (Lipinski definition) is 5. The van der Waals surface area contributed by atoms with Gasteiger partial charge < -0.3 is 5.32 Å². The van der Waals surface area contributed by atoms with Gasteiger partial charge in [-0.3, -0.25) is 0 Å². The molecule has 7 heteroatoms. The maximum atomic E-state index is 13.8. The molecule has 2 heterocycles. The van der Waals surface area contributed by atoms with Crippen LogP contribution in [-0.4, -0.2) is 19.9 Å². The molecule has 0 aliphatic rings. The Hall–Kier alpha value is -2.96. The zero-order valence-electron chi connectivity index (χ0n) is 11.4. The lowest BCUT2D eigenvalue weighted by Gasteiger charge is -2.08. The van der Waals surface area contributed by atoms with E-state index in [0.29, 0.717) is 11.5 Å². The third-order valence-corrected chi connectivity index (χ3v) is 2.90. The molecule has 3 aromatic rings. The molecule has 110 valence electrons. The van der Waals surface area contributed by atoms with E-state index in [1.165, 1.54) is 12.3 Å². The number of aromatic nitrogens is 4. The summed E-state index contributed by atoms with van der Waals surface area (Å²) in [7, 11) is 0. The van der Waals surface area contributed by atoms with Crippen molar-refractivity contribution in [1.29, 1.82) is 0 Å². The fraction of sp³-hybridized carbons (Fsp3) is 0.0667. The van der Waals surface area contributed by atoms with Crippen LogP contribution >= 0.6 is 0 Å². The average Bonchev–Trinajstić information content (AvgIpc) is 2.55. The molecule has 0 saturated carbocycles. The number of halogens is 2. The molecular weight excluding hydrogens is 288 g/mol. The number of hydrogen-bond donors (Lipinski definition) is 1.